The lowest BCUT2D eigenvalue weighted by molar-refractivity contribution is -0.384. The minimum atomic E-state index is -0.623. The van der Waals surface area contributed by atoms with Crippen LogP contribution >= 0.6 is 45.2 Å². The van der Waals surface area contributed by atoms with E-state index >= 15 is 0 Å². The van der Waals surface area contributed by atoms with Crippen molar-refractivity contribution < 1.29 is 24.0 Å². The standard InChI is InChI=1S/C18H10I2N2O6/c1-9(23)27-16-13(19)6-10(7-14(16)20)8-15-18(24)28-17(21-15)11-2-4-12(5-3-11)22(25)26/h2-8H,1H3/b15-8-. The van der Waals surface area contributed by atoms with Gasteiger partial charge in [0, 0.05) is 24.6 Å². The second-order valence-corrected chi connectivity index (χ2v) is 7.87. The minimum Gasteiger partial charge on any atom is -0.424 e. The lowest BCUT2D eigenvalue weighted by atomic mass is 10.2. The van der Waals surface area contributed by atoms with Crippen LogP contribution in [-0.2, 0) is 14.3 Å². The van der Waals surface area contributed by atoms with Gasteiger partial charge in [0.1, 0.15) is 0 Å². The highest BCUT2D eigenvalue weighted by atomic mass is 127. The van der Waals surface area contributed by atoms with Crippen molar-refractivity contribution in [3.63, 3.8) is 0 Å². The number of hydrogen-bond donors (Lipinski definition) is 0. The largest absolute Gasteiger partial charge is 0.424 e. The normalized spacial score (nSPS) is 14.6. The number of carbonyl (C=O) groups excluding carboxylic acids is 2. The fourth-order valence-electron chi connectivity index (χ4n) is 2.32. The highest BCUT2D eigenvalue weighted by Gasteiger charge is 2.25. The summed E-state index contributed by atoms with van der Waals surface area (Å²) in [4.78, 5) is 37.7. The summed E-state index contributed by atoms with van der Waals surface area (Å²) in [5, 5.41) is 10.7. The zero-order valence-electron chi connectivity index (χ0n) is 14.1. The van der Waals surface area contributed by atoms with Crippen molar-refractivity contribution in [1.29, 1.82) is 0 Å². The predicted octanol–water partition coefficient (Wildman–Crippen LogP) is 4.07. The predicted molar refractivity (Wildman–Crippen MR) is 117 cm³/mol. The number of esters is 2. The summed E-state index contributed by atoms with van der Waals surface area (Å²) in [5.74, 6) is -0.506. The van der Waals surface area contributed by atoms with E-state index in [0.29, 0.717) is 24.0 Å². The summed E-state index contributed by atoms with van der Waals surface area (Å²) in [6.07, 6.45) is 1.56. The molecule has 0 radical (unpaired) electrons. The van der Waals surface area contributed by atoms with Gasteiger partial charge in [-0.3, -0.25) is 14.9 Å². The van der Waals surface area contributed by atoms with Gasteiger partial charge in [-0.2, -0.15) is 0 Å². The molecule has 10 heteroatoms. The third-order valence-corrected chi connectivity index (χ3v) is 5.12. The van der Waals surface area contributed by atoms with Crippen LogP contribution in [0, 0.1) is 17.3 Å². The zero-order valence-corrected chi connectivity index (χ0v) is 18.5. The minimum absolute atomic E-state index is 0.0681. The van der Waals surface area contributed by atoms with Crippen molar-refractivity contribution in [3.8, 4) is 5.75 Å². The van der Waals surface area contributed by atoms with E-state index < -0.39 is 16.9 Å². The first-order valence-corrected chi connectivity index (χ1v) is 9.85. The van der Waals surface area contributed by atoms with Gasteiger partial charge in [-0.25, -0.2) is 9.79 Å². The summed E-state index contributed by atoms with van der Waals surface area (Å²) >= 11 is 4.08. The van der Waals surface area contributed by atoms with Gasteiger partial charge in [0.2, 0.25) is 5.90 Å². The number of rotatable bonds is 4. The first kappa shape index (κ1) is 20.4. The highest BCUT2D eigenvalue weighted by molar-refractivity contribution is 14.1. The Morgan fingerprint density at radius 2 is 1.82 bits per heavy atom. The van der Waals surface area contributed by atoms with Crippen LogP contribution in [0.4, 0.5) is 5.69 Å². The summed E-state index contributed by atoms with van der Waals surface area (Å²) in [5.41, 5.74) is 1.17. The van der Waals surface area contributed by atoms with E-state index in [4.69, 9.17) is 9.47 Å². The first-order valence-electron chi connectivity index (χ1n) is 7.69. The first-order chi connectivity index (χ1) is 13.2. The molecule has 0 unspecified atom stereocenters. The molecule has 1 aliphatic rings. The SMILES string of the molecule is CC(=O)Oc1c(I)cc(/C=C2\N=C(c3ccc([N+](=O)[O-])cc3)OC2=O)cc1I. The maximum atomic E-state index is 12.1. The molecule has 0 N–H and O–H groups in total. The van der Waals surface area contributed by atoms with Crippen molar-refractivity contribution >= 4 is 74.8 Å². The average Bonchev–Trinajstić information content (AvgIpc) is 2.99. The maximum absolute atomic E-state index is 12.1. The summed E-state index contributed by atoms with van der Waals surface area (Å²) in [6, 6.07) is 9.05. The molecule has 8 nitrogen and oxygen atoms in total. The molecule has 2 aromatic carbocycles. The van der Waals surface area contributed by atoms with Gasteiger partial charge < -0.3 is 9.47 Å². The number of nitrogens with zero attached hydrogens (tertiary/aromatic N) is 2. The Balaban J connectivity index is 1.91. The van der Waals surface area contributed by atoms with Crippen molar-refractivity contribution in [2.75, 3.05) is 0 Å². The summed E-state index contributed by atoms with van der Waals surface area (Å²) in [6.45, 7) is 1.32. The van der Waals surface area contributed by atoms with Crippen molar-refractivity contribution in [2.45, 2.75) is 6.92 Å². The Morgan fingerprint density at radius 1 is 1.21 bits per heavy atom. The molecule has 1 aliphatic heterocycles. The van der Waals surface area contributed by atoms with Crippen LogP contribution in [-0.4, -0.2) is 22.8 Å². The second kappa shape index (κ2) is 8.34. The molecule has 28 heavy (non-hydrogen) atoms. The Kier molecular flexibility index (Phi) is 6.07. The molecule has 3 rings (SSSR count). The van der Waals surface area contributed by atoms with Gasteiger partial charge in [-0.05, 0) is 81.1 Å². The smallest absolute Gasteiger partial charge is 0.363 e. The Hall–Kier alpha value is -2.35. The van der Waals surface area contributed by atoms with Gasteiger partial charge in [-0.15, -0.1) is 0 Å². The molecule has 0 aliphatic carbocycles. The number of nitro groups is 1. The Bertz CT molecular complexity index is 1040. The molecule has 0 saturated heterocycles. The number of carbonyl (C=O) groups is 2. The fourth-order valence-corrected chi connectivity index (χ4v) is 4.36. The third kappa shape index (κ3) is 4.55. The van der Waals surface area contributed by atoms with Gasteiger partial charge >= 0.3 is 11.9 Å². The topological polar surface area (TPSA) is 108 Å². The molecule has 0 atom stereocenters. The summed E-state index contributed by atoms with van der Waals surface area (Å²) < 4.78 is 11.8. The van der Waals surface area contributed by atoms with E-state index in [1.54, 1.807) is 18.2 Å². The van der Waals surface area contributed by atoms with Gasteiger partial charge in [-0.1, -0.05) is 0 Å². The van der Waals surface area contributed by atoms with E-state index in [1.165, 1.54) is 31.2 Å². The lowest BCUT2D eigenvalue weighted by Crippen LogP contribution is -2.05. The molecule has 142 valence electrons. The Labute approximate surface area is 186 Å². The Morgan fingerprint density at radius 3 is 2.36 bits per heavy atom. The molecular formula is C18H10I2N2O6. The number of ether oxygens (including phenoxy) is 2. The molecular weight excluding hydrogens is 594 g/mol. The van der Waals surface area contributed by atoms with Crippen LogP contribution in [0.15, 0.2) is 47.1 Å². The number of aliphatic imine (C=N–C) groups is 1. The molecule has 1 heterocycles. The van der Waals surface area contributed by atoms with Crippen molar-refractivity contribution in [3.05, 3.63) is 70.5 Å². The quantitative estimate of drug-likeness (QED) is 0.130. The molecule has 0 aromatic heterocycles. The fraction of sp³-hybridized carbons (Fsp3) is 0.0556. The molecule has 2 aromatic rings. The van der Waals surface area contributed by atoms with Gasteiger partial charge in [0.25, 0.3) is 5.69 Å². The molecule has 0 amide bonds. The number of halogens is 2. The monoisotopic (exact) mass is 604 g/mol. The summed E-state index contributed by atoms with van der Waals surface area (Å²) in [7, 11) is 0. The third-order valence-electron chi connectivity index (χ3n) is 3.52. The maximum Gasteiger partial charge on any atom is 0.363 e. The molecule has 0 fully saturated rings. The second-order valence-electron chi connectivity index (χ2n) is 5.55. The van der Waals surface area contributed by atoms with E-state index in [0.717, 1.165) is 0 Å². The van der Waals surface area contributed by atoms with Crippen LogP contribution in [0.5, 0.6) is 5.75 Å². The van der Waals surface area contributed by atoms with Gasteiger partial charge in [0.15, 0.2) is 11.4 Å². The average molecular weight is 604 g/mol. The van der Waals surface area contributed by atoms with Crippen LogP contribution in [0.3, 0.4) is 0 Å². The zero-order chi connectivity index (χ0) is 20.4. The molecule has 0 bridgehead atoms. The lowest BCUT2D eigenvalue weighted by Gasteiger charge is -2.08. The number of cyclic esters (lactones) is 1. The van der Waals surface area contributed by atoms with Gasteiger partial charge in [0.05, 0.1) is 12.1 Å². The van der Waals surface area contributed by atoms with Crippen LogP contribution in [0.2, 0.25) is 0 Å². The number of hydrogen-bond acceptors (Lipinski definition) is 7. The van der Waals surface area contributed by atoms with E-state index in [9.17, 15) is 19.7 Å². The van der Waals surface area contributed by atoms with E-state index in [-0.39, 0.29) is 17.3 Å². The molecule has 0 saturated carbocycles. The highest BCUT2D eigenvalue weighted by Crippen LogP contribution is 2.30. The van der Waals surface area contributed by atoms with Crippen LogP contribution in [0.1, 0.15) is 18.1 Å². The van der Waals surface area contributed by atoms with Crippen molar-refractivity contribution in [2.24, 2.45) is 4.99 Å². The van der Waals surface area contributed by atoms with E-state index in [2.05, 4.69) is 4.99 Å². The van der Waals surface area contributed by atoms with Crippen LogP contribution < -0.4 is 4.74 Å². The van der Waals surface area contributed by atoms with Crippen LogP contribution in [0.25, 0.3) is 6.08 Å². The number of nitro benzene ring substituents is 1. The number of non-ortho nitro benzene ring substituents is 1. The molecule has 0 spiro atoms. The number of benzene rings is 2. The van der Waals surface area contributed by atoms with Crippen molar-refractivity contribution in [1.82, 2.24) is 0 Å². The van der Waals surface area contributed by atoms with E-state index in [1.807, 2.05) is 45.2 Å².